The maximum absolute atomic E-state index is 13.4. The predicted octanol–water partition coefficient (Wildman–Crippen LogP) is 1.83. The third kappa shape index (κ3) is 4.16. The Morgan fingerprint density at radius 1 is 1.39 bits per heavy atom. The van der Waals surface area contributed by atoms with Gasteiger partial charge in [0.2, 0.25) is 0 Å². The summed E-state index contributed by atoms with van der Waals surface area (Å²) >= 11 is 3.20. The summed E-state index contributed by atoms with van der Waals surface area (Å²) in [6.45, 7) is 2.35. The van der Waals surface area contributed by atoms with E-state index < -0.39 is 5.82 Å². The number of anilines is 1. The average molecular weight is 383 g/mol. The minimum Gasteiger partial charge on any atom is -0.381 e. The summed E-state index contributed by atoms with van der Waals surface area (Å²) in [5, 5.41) is 9.57. The molecule has 6 nitrogen and oxygen atoms in total. The summed E-state index contributed by atoms with van der Waals surface area (Å²) in [6, 6.07) is 4.34. The van der Waals surface area contributed by atoms with Crippen LogP contribution in [0.4, 0.5) is 10.1 Å². The highest BCUT2D eigenvalue weighted by Crippen LogP contribution is 2.15. The summed E-state index contributed by atoms with van der Waals surface area (Å²) in [6.07, 6.45) is 1.52. The summed E-state index contributed by atoms with van der Waals surface area (Å²) in [5.74, 6) is -0.766. The Balaban J connectivity index is 1.88. The van der Waals surface area contributed by atoms with Gasteiger partial charge in [0, 0.05) is 25.7 Å². The topological polar surface area (TPSA) is 76.0 Å². The van der Waals surface area contributed by atoms with E-state index in [1.807, 2.05) is 0 Å². The van der Waals surface area contributed by atoms with Crippen molar-refractivity contribution in [2.24, 2.45) is 7.05 Å². The number of nitrogens with zero attached hydrogens (tertiary/aromatic N) is 2. The predicted molar refractivity (Wildman–Crippen MR) is 89.1 cm³/mol. The molecule has 2 rings (SSSR count). The van der Waals surface area contributed by atoms with E-state index in [-0.39, 0.29) is 17.0 Å². The third-order valence-corrected chi connectivity index (χ3v) is 4.00. The van der Waals surface area contributed by atoms with E-state index in [4.69, 9.17) is 0 Å². The maximum Gasteiger partial charge on any atom is 0.282 e. The second kappa shape index (κ2) is 7.36. The smallest absolute Gasteiger partial charge is 0.282 e. The highest BCUT2D eigenvalue weighted by atomic mass is 79.9. The van der Waals surface area contributed by atoms with Gasteiger partial charge in [0.1, 0.15) is 10.3 Å². The highest BCUT2D eigenvalue weighted by Gasteiger charge is 2.08. The van der Waals surface area contributed by atoms with Crippen molar-refractivity contribution in [2.45, 2.75) is 6.92 Å². The van der Waals surface area contributed by atoms with Crippen molar-refractivity contribution < 1.29 is 9.18 Å². The van der Waals surface area contributed by atoms with Gasteiger partial charge in [-0.2, -0.15) is 5.10 Å². The molecule has 1 aromatic carbocycles. The highest BCUT2D eigenvalue weighted by molar-refractivity contribution is 9.10. The van der Waals surface area contributed by atoms with Crippen LogP contribution in [0.15, 0.2) is 33.7 Å². The zero-order valence-corrected chi connectivity index (χ0v) is 14.3. The second-order valence-electron chi connectivity index (χ2n) is 4.95. The molecular formula is C15H16BrFN4O2. The molecule has 0 radical (unpaired) electrons. The van der Waals surface area contributed by atoms with Crippen molar-refractivity contribution in [3.63, 3.8) is 0 Å². The molecule has 1 aromatic heterocycles. The molecule has 0 aliphatic rings. The maximum atomic E-state index is 13.4. The average Bonchev–Trinajstić information content (AvgIpc) is 2.53. The summed E-state index contributed by atoms with van der Waals surface area (Å²) in [4.78, 5) is 23.6. The van der Waals surface area contributed by atoms with Gasteiger partial charge in [-0.15, -0.1) is 0 Å². The molecule has 8 heteroatoms. The van der Waals surface area contributed by atoms with Gasteiger partial charge >= 0.3 is 0 Å². The van der Waals surface area contributed by atoms with Gasteiger partial charge in [-0.05, 0) is 40.5 Å². The molecule has 122 valence electrons. The largest absolute Gasteiger partial charge is 0.381 e. The lowest BCUT2D eigenvalue weighted by Crippen LogP contribution is -2.29. The molecule has 0 saturated heterocycles. The fourth-order valence-electron chi connectivity index (χ4n) is 1.84. The normalized spacial score (nSPS) is 10.4. The molecule has 0 aliphatic carbocycles. The lowest BCUT2D eigenvalue weighted by Gasteiger charge is -2.10. The van der Waals surface area contributed by atoms with Crippen LogP contribution in [-0.2, 0) is 7.05 Å². The molecule has 0 saturated carbocycles. The van der Waals surface area contributed by atoms with Crippen LogP contribution in [0.25, 0.3) is 0 Å². The van der Waals surface area contributed by atoms with Crippen molar-refractivity contribution in [2.75, 3.05) is 18.4 Å². The monoisotopic (exact) mass is 382 g/mol. The Morgan fingerprint density at radius 2 is 2.13 bits per heavy atom. The Labute approximate surface area is 140 Å². The number of hydrogen-bond donors (Lipinski definition) is 2. The van der Waals surface area contributed by atoms with Gasteiger partial charge in [0.25, 0.3) is 11.5 Å². The number of rotatable bonds is 5. The van der Waals surface area contributed by atoms with E-state index >= 15 is 0 Å². The molecule has 0 bridgehead atoms. The van der Waals surface area contributed by atoms with Gasteiger partial charge in [-0.3, -0.25) is 9.59 Å². The van der Waals surface area contributed by atoms with E-state index in [2.05, 4.69) is 31.7 Å². The lowest BCUT2D eigenvalue weighted by atomic mass is 10.1. The number of carbonyl (C=O) groups is 1. The van der Waals surface area contributed by atoms with Crippen LogP contribution in [0.1, 0.15) is 15.9 Å². The standard InChI is InChI=1S/C15H16BrFN4O2/c1-9-3-4-10(7-11(9)17)14(22)19-6-5-18-12-8-20-21(2)15(23)13(12)16/h3-4,7-8,18H,5-6H2,1-2H3,(H,19,22). The number of benzene rings is 1. The first-order valence-corrected chi connectivity index (χ1v) is 7.69. The second-order valence-corrected chi connectivity index (χ2v) is 5.74. The molecule has 0 fully saturated rings. The van der Waals surface area contributed by atoms with Crippen LogP contribution in [0.5, 0.6) is 0 Å². The quantitative estimate of drug-likeness (QED) is 0.773. The SMILES string of the molecule is Cc1ccc(C(=O)NCCNc2cnn(C)c(=O)c2Br)cc1F. The molecular weight excluding hydrogens is 367 g/mol. The molecule has 0 atom stereocenters. The van der Waals surface area contributed by atoms with Crippen LogP contribution in [0.2, 0.25) is 0 Å². The summed E-state index contributed by atoms with van der Waals surface area (Å²) in [5.41, 5.74) is 1.05. The number of aryl methyl sites for hydroxylation is 2. The van der Waals surface area contributed by atoms with E-state index in [0.29, 0.717) is 28.8 Å². The van der Waals surface area contributed by atoms with Crippen LogP contribution < -0.4 is 16.2 Å². The first-order valence-electron chi connectivity index (χ1n) is 6.90. The first-order chi connectivity index (χ1) is 10.9. The van der Waals surface area contributed by atoms with E-state index in [1.165, 1.54) is 16.9 Å². The molecule has 1 heterocycles. The first kappa shape index (κ1) is 17.1. The van der Waals surface area contributed by atoms with Crippen molar-refractivity contribution in [1.29, 1.82) is 0 Å². The minimum atomic E-state index is -0.411. The molecule has 2 N–H and O–H groups in total. The van der Waals surface area contributed by atoms with Gasteiger partial charge in [0.05, 0.1) is 11.9 Å². The number of aromatic nitrogens is 2. The minimum absolute atomic E-state index is 0.255. The molecule has 0 unspecified atom stereocenters. The van der Waals surface area contributed by atoms with Crippen molar-refractivity contribution in [3.8, 4) is 0 Å². The zero-order chi connectivity index (χ0) is 17.0. The molecule has 23 heavy (non-hydrogen) atoms. The number of halogens is 2. The molecule has 1 amide bonds. The van der Waals surface area contributed by atoms with Crippen LogP contribution in [-0.4, -0.2) is 28.8 Å². The van der Waals surface area contributed by atoms with Crippen LogP contribution in [0.3, 0.4) is 0 Å². The summed E-state index contributed by atoms with van der Waals surface area (Å²) < 4.78 is 15.0. The van der Waals surface area contributed by atoms with Crippen LogP contribution >= 0.6 is 15.9 Å². The third-order valence-electron chi connectivity index (χ3n) is 3.24. The van der Waals surface area contributed by atoms with E-state index in [1.54, 1.807) is 26.1 Å². The fourth-order valence-corrected chi connectivity index (χ4v) is 2.34. The molecule has 0 aliphatic heterocycles. The Morgan fingerprint density at radius 3 is 2.83 bits per heavy atom. The van der Waals surface area contributed by atoms with Gasteiger partial charge in [-0.1, -0.05) is 6.07 Å². The van der Waals surface area contributed by atoms with Gasteiger partial charge in [-0.25, -0.2) is 9.07 Å². The van der Waals surface area contributed by atoms with E-state index in [0.717, 1.165) is 0 Å². The summed E-state index contributed by atoms with van der Waals surface area (Å²) in [7, 11) is 1.55. The van der Waals surface area contributed by atoms with Gasteiger partial charge in [0.15, 0.2) is 0 Å². The fraction of sp³-hybridized carbons (Fsp3) is 0.267. The van der Waals surface area contributed by atoms with Crippen molar-refractivity contribution in [3.05, 3.63) is 56.2 Å². The Hall–Kier alpha value is -2.22. The number of nitrogens with one attached hydrogen (secondary N) is 2. The van der Waals surface area contributed by atoms with Crippen molar-refractivity contribution in [1.82, 2.24) is 15.1 Å². The zero-order valence-electron chi connectivity index (χ0n) is 12.7. The number of carbonyl (C=O) groups excluding carboxylic acids is 1. The molecule has 0 spiro atoms. The van der Waals surface area contributed by atoms with Crippen molar-refractivity contribution >= 4 is 27.5 Å². The number of hydrogen-bond acceptors (Lipinski definition) is 4. The lowest BCUT2D eigenvalue weighted by molar-refractivity contribution is 0.0954. The van der Waals surface area contributed by atoms with Crippen LogP contribution in [0, 0.1) is 12.7 Å². The van der Waals surface area contributed by atoms with Gasteiger partial charge < -0.3 is 10.6 Å². The molecule has 2 aromatic rings. The van der Waals surface area contributed by atoms with E-state index in [9.17, 15) is 14.0 Å². The Kier molecular flexibility index (Phi) is 5.49. The Bertz CT molecular complexity index is 792. The number of amides is 1.